The third-order valence-corrected chi connectivity index (χ3v) is 3.54. The van der Waals surface area contributed by atoms with Gasteiger partial charge < -0.3 is 4.90 Å². The molecule has 1 heterocycles. The van der Waals surface area contributed by atoms with Crippen molar-refractivity contribution in [2.45, 2.75) is 24.6 Å². The summed E-state index contributed by atoms with van der Waals surface area (Å²) >= 11 is 0. The van der Waals surface area contributed by atoms with Crippen LogP contribution in [-0.4, -0.2) is 37.9 Å². The maximum Gasteiger partial charge on any atom is 0.313 e. The van der Waals surface area contributed by atoms with Crippen LogP contribution >= 0.6 is 0 Å². The first-order chi connectivity index (χ1) is 5.55. The highest BCUT2D eigenvalue weighted by molar-refractivity contribution is 7.91. The molecule has 0 bridgehead atoms. The van der Waals surface area contributed by atoms with E-state index in [1.165, 1.54) is 4.90 Å². The molecule has 1 atom stereocenters. The van der Waals surface area contributed by atoms with Crippen molar-refractivity contribution in [1.29, 1.82) is 0 Å². The van der Waals surface area contributed by atoms with Gasteiger partial charge in [-0.3, -0.25) is 4.79 Å². The van der Waals surface area contributed by atoms with E-state index in [9.17, 15) is 13.2 Å². The van der Waals surface area contributed by atoms with Gasteiger partial charge in [-0.2, -0.15) is 0 Å². The number of sulfone groups is 1. The summed E-state index contributed by atoms with van der Waals surface area (Å²) in [5, 5.41) is -0.635. The van der Waals surface area contributed by atoms with E-state index in [-0.39, 0.29) is 0 Å². The monoisotopic (exact) mass is 190 g/mol. The summed E-state index contributed by atoms with van der Waals surface area (Å²) in [5.41, 5.74) is 0. The zero-order valence-electron chi connectivity index (χ0n) is 6.99. The van der Waals surface area contributed by atoms with E-state index in [0.717, 1.165) is 19.1 Å². The van der Waals surface area contributed by atoms with Crippen LogP contribution in [0.5, 0.6) is 0 Å². The van der Waals surface area contributed by atoms with Crippen LogP contribution in [0.2, 0.25) is 0 Å². The van der Waals surface area contributed by atoms with Gasteiger partial charge in [0.25, 0.3) is 0 Å². The van der Waals surface area contributed by atoms with E-state index in [1.54, 1.807) is 6.41 Å². The lowest BCUT2D eigenvalue weighted by Crippen LogP contribution is -2.43. The molecule has 1 saturated heterocycles. The number of hydrogen-bond donors (Lipinski definition) is 0. The van der Waals surface area contributed by atoms with Crippen molar-refractivity contribution in [2.24, 2.45) is 0 Å². The van der Waals surface area contributed by atoms with Gasteiger partial charge in [-0.15, -0.1) is 0 Å². The number of carbonyl (C=O) groups excluding carboxylic acids is 1. The van der Waals surface area contributed by atoms with E-state index < -0.39 is 15.2 Å². The molecule has 0 saturated carbocycles. The Balaban J connectivity index is 2.79. The van der Waals surface area contributed by atoms with E-state index >= 15 is 0 Å². The van der Waals surface area contributed by atoms with Crippen LogP contribution in [-0.2, 0) is 14.6 Å². The first-order valence-corrected chi connectivity index (χ1v) is 5.84. The molecular formula is C7H12NO3S. The summed E-state index contributed by atoms with van der Waals surface area (Å²) in [7, 11) is -3.12. The lowest BCUT2D eigenvalue weighted by molar-refractivity contribution is 0.287. The standard InChI is InChI=1S/C7H12NO3S/c1-12(10,11)7-4-2-3-5-8(7)6-9/h7H,2-5H2,1H3. The van der Waals surface area contributed by atoms with Gasteiger partial charge in [0.1, 0.15) is 5.37 Å². The number of piperidine rings is 1. The molecular weight excluding hydrogens is 178 g/mol. The molecule has 1 aliphatic heterocycles. The second kappa shape index (κ2) is 3.43. The van der Waals surface area contributed by atoms with Gasteiger partial charge in [0, 0.05) is 12.8 Å². The minimum Gasteiger partial charge on any atom is -0.317 e. The summed E-state index contributed by atoms with van der Waals surface area (Å²) in [6, 6.07) is 0. The van der Waals surface area contributed by atoms with Crippen LogP contribution in [0.3, 0.4) is 0 Å². The van der Waals surface area contributed by atoms with Crippen LogP contribution in [0.15, 0.2) is 0 Å². The van der Waals surface area contributed by atoms with Gasteiger partial charge in [0.05, 0.1) is 0 Å². The quantitative estimate of drug-likeness (QED) is 0.611. The van der Waals surface area contributed by atoms with Crippen molar-refractivity contribution < 1.29 is 13.2 Å². The number of likely N-dealkylation sites (tertiary alicyclic amines) is 1. The maximum atomic E-state index is 11.1. The van der Waals surface area contributed by atoms with Gasteiger partial charge in [-0.1, -0.05) is 0 Å². The summed E-state index contributed by atoms with van der Waals surface area (Å²) in [6.45, 7) is 0.515. The number of amides is 1. The second-order valence-electron chi connectivity index (χ2n) is 3.06. The van der Waals surface area contributed by atoms with Crippen molar-refractivity contribution in [3.63, 3.8) is 0 Å². The topological polar surface area (TPSA) is 54.5 Å². The van der Waals surface area contributed by atoms with Crippen LogP contribution in [0.1, 0.15) is 19.3 Å². The first kappa shape index (κ1) is 9.51. The maximum absolute atomic E-state index is 11.1. The third-order valence-electron chi connectivity index (χ3n) is 2.06. The molecule has 0 N–H and O–H groups in total. The molecule has 69 valence electrons. The van der Waals surface area contributed by atoms with Crippen LogP contribution in [0.25, 0.3) is 0 Å². The SMILES string of the molecule is CS(=O)(=O)C1CCCCN1[C]=O. The summed E-state index contributed by atoms with van der Waals surface area (Å²) in [4.78, 5) is 11.6. The average molecular weight is 190 g/mol. The summed E-state index contributed by atoms with van der Waals surface area (Å²) < 4.78 is 22.3. The molecule has 1 amide bonds. The largest absolute Gasteiger partial charge is 0.317 e. The predicted octanol–water partition coefficient (Wildman–Crippen LogP) is -0.0898. The zero-order valence-corrected chi connectivity index (χ0v) is 7.80. The predicted molar refractivity (Wildman–Crippen MR) is 44.9 cm³/mol. The second-order valence-corrected chi connectivity index (χ2v) is 5.27. The lowest BCUT2D eigenvalue weighted by atomic mass is 10.1. The Morgan fingerprint density at radius 3 is 2.50 bits per heavy atom. The Hall–Kier alpha value is -0.580. The Morgan fingerprint density at radius 1 is 1.42 bits per heavy atom. The third kappa shape index (κ3) is 1.97. The average Bonchev–Trinajstić information content (AvgIpc) is 2.03. The minimum atomic E-state index is -3.12. The summed E-state index contributed by atoms with van der Waals surface area (Å²) in [6.07, 6.45) is 5.12. The van der Waals surface area contributed by atoms with E-state index in [4.69, 9.17) is 0 Å². The molecule has 1 radical (unpaired) electrons. The fraction of sp³-hybridized carbons (Fsp3) is 0.857. The fourth-order valence-corrected chi connectivity index (χ4v) is 2.66. The molecule has 1 aliphatic rings. The molecule has 0 aromatic heterocycles. The molecule has 1 rings (SSSR count). The molecule has 1 fully saturated rings. The van der Waals surface area contributed by atoms with Crippen LogP contribution in [0.4, 0.5) is 0 Å². The highest BCUT2D eigenvalue weighted by Gasteiger charge is 2.29. The first-order valence-electron chi connectivity index (χ1n) is 3.89. The van der Waals surface area contributed by atoms with Gasteiger partial charge in [-0.05, 0) is 19.3 Å². The van der Waals surface area contributed by atoms with Crippen molar-refractivity contribution in [2.75, 3.05) is 12.8 Å². The number of hydrogen-bond acceptors (Lipinski definition) is 3. The number of rotatable bonds is 2. The zero-order chi connectivity index (χ0) is 9.19. The molecule has 4 nitrogen and oxygen atoms in total. The van der Waals surface area contributed by atoms with E-state index in [1.807, 2.05) is 0 Å². The van der Waals surface area contributed by atoms with Gasteiger partial charge in [0.15, 0.2) is 9.84 Å². The molecule has 0 aromatic carbocycles. The van der Waals surface area contributed by atoms with Crippen LogP contribution in [0, 0.1) is 0 Å². The smallest absolute Gasteiger partial charge is 0.313 e. The van der Waals surface area contributed by atoms with Gasteiger partial charge >= 0.3 is 6.41 Å². The van der Waals surface area contributed by atoms with Crippen molar-refractivity contribution in [1.82, 2.24) is 4.90 Å². The minimum absolute atomic E-state index is 0.515. The molecule has 0 aliphatic carbocycles. The fourth-order valence-electron chi connectivity index (χ4n) is 1.45. The normalized spacial score (nSPS) is 25.4. The Morgan fingerprint density at radius 2 is 2.08 bits per heavy atom. The Labute approximate surface area is 72.5 Å². The Kier molecular flexibility index (Phi) is 2.72. The summed E-state index contributed by atoms with van der Waals surface area (Å²) in [5.74, 6) is 0. The highest BCUT2D eigenvalue weighted by Crippen LogP contribution is 2.18. The molecule has 12 heavy (non-hydrogen) atoms. The number of nitrogens with zero attached hydrogens (tertiary/aromatic N) is 1. The van der Waals surface area contributed by atoms with Crippen molar-refractivity contribution >= 4 is 16.2 Å². The van der Waals surface area contributed by atoms with Crippen molar-refractivity contribution in [3.05, 3.63) is 0 Å². The van der Waals surface area contributed by atoms with E-state index in [0.29, 0.717) is 13.0 Å². The molecule has 5 heteroatoms. The lowest BCUT2D eigenvalue weighted by Gasteiger charge is -2.30. The highest BCUT2D eigenvalue weighted by atomic mass is 32.2. The van der Waals surface area contributed by atoms with Gasteiger partial charge in [0.2, 0.25) is 0 Å². The molecule has 0 spiro atoms. The van der Waals surface area contributed by atoms with E-state index in [2.05, 4.69) is 0 Å². The molecule has 0 aromatic rings. The van der Waals surface area contributed by atoms with Crippen LogP contribution < -0.4 is 0 Å². The Bertz CT molecular complexity index is 260. The van der Waals surface area contributed by atoms with Crippen molar-refractivity contribution in [3.8, 4) is 0 Å². The molecule has 1 unspecified atom stereocenters. The van der Waals surface area contributed by atoms with Gasteiger partial charge in [-0.25, -0.2) is 8.42 Å².